The molecule has 0 heterocycles. The van der Waals surface area contributed by atoms with Crippen LogP contribution in [0.4, 0.5) is 11.4 Å². The highest BCUT2D eigenvalue weighted by Crippen LogP contribution is 2.30. The zero-order valence-corrected chi connectivity index (χ0v) is 12.5. The number of hydrogen-bond acceptors (Lipinski definition) is 4. The van der Waals surface area contributed by atoms with Gasteiger partial charge in [0.05, 0.1) is 11.0 Å². The average Bonchev–Trinajstić information content (AvgIpc) is 2.55. The maximum atomic E-state index is 12.4. The lowest BCUT2D eigenvalue weighted by atomic mass is 9.87. The minimum Gasteiger partial charge on any atom is -0.393 e. The summed E-state index contributed by atoms with van der Waals surface area (Å²) in [6.45, 7) is 0. The van der Waals surface area contributed by atoms with E-state index in [9.17, 15) is 14.9 Å². The van der Waals surface area contributed by atoms with E-state index in [0.717, 1.165) is 24.8 Å². The van der Waals surface area contributed by atoms with Crippen LogP contribution in [0.15, 0.2) is 42.5 Å². The molecule has 0 spiro atoms. The molecule has 0 saturated heterocycles. The molecule has 0 radical (unpaired) electrons. The number of nitro groups is 1. The number of nitrogens with two attached hydrogens (primary N) is 1. The lowest BCUT2D eigenvalue weighted by molar-refractivity contribution is -0.383. The molecule has 1 amide bonds. The molecule has 0 unspecified atom stereocenters. The quantitative estimate of drug-likeness (QED) is 0.517. The van der Waals surface area contributed by atoms with E-state index in [1.165, 1.54) is 23.8 Å². The number of nitrogens with one attached hydrogen (secondary N) is 1. The predicted octanol–water partition coefficient (Wildman–Crippen LogP) is 2.98. The summed E-state index contributed by atoms with van der Waals surface area (Å²) in [4.78, 5) is 22.8. The smallest absolute Gasteiger partial charge is 0.292 e. The van der Waals surface area contributed by atoms with E-state index in [0.29, 0.717) is 0 Å². The second-order valence-electron chi connectivity index (χ2n) is 5.65. The van der Waals surface area contributed by atoms with E-state index < -0.39 is 4.92 Å². The lowest BCUT2D eigenvalue weighted by Crippen LogP contribution is -2.31. The summed E-state index contributed by atoms with van der Waals surface area (Å²) in [7, 11) is 0. The summed E-state index contributed by atoms with van der Waals surface area (Å²) in [5.41, 5.74) is 7.98. The van der Waals surface area contributed by atoms with Gasteiger partial charge in [0.1, 0.15) is 5.69 Å². The molecule has 3 N–H and O–H groups in total. The number of fused-ring (bicyclic) bond motifs is 1. The fraction of sp³-hybridized carbons (Fsp3) is 0.235. The van der Waals surface area contributed by atoms with Crippen LogP contribution in [0.5, 0.6) is 0 Å². The molecular weight excluding hydrogens is 294 g/mol. The maximum Gasteiger partial charge on any atom is 0.292 e. The number of nitro benzene ring substituents is 1. The van der Waals surface area contributed by atoms with Crippen molar-refractivity contribution in [3.05, 3.63) is 69.3 Å². The minimum atomic E-state index is -0.581. The van der Waals surface area contributed by atoms with Gasteiger partial charge in [0, 0.05) is 11.6 Å². The third-order valence-electron chi connectivity index (χ3n) is 4.16. The van der Waals surface area contributed by atoms with Gasteiger partial charge in [-0.05, 0) is 42.5 Å². The zero-order chi connectivity index (χ0) is 16.4. The number of carbonyl (C=O) groups is 1. The molecule has 1 aliphatic carbocycles. The first kappa shape index (κ1) is 15.0. The van der Waals surface area contributed by atoms with E-state index >= 15 is 0 Å². The van der Waals surface area contributed by atoms with E-state index in [2.05, 4.69) is 11.4 Å². The summed E-state index contributed by atoms with van der Waals surface area (Å²) in [5, 5.41) is 13.9. The maximum absolute atomic E-state index is 12.4. The number of rotatable bonds is 3. The highest BCUT2D eigenvalue weighted by molar-refractivity contribution is 5.95. The Morgan fingerprint density at radius 3 is 2.83 bits per heavy atom. The summed E-state index contributed by atoms with van der Waals surface area (Å²) < 4.78 is 0. The van der Waals surface area contributed by atoms with Gasteiger partial charge in [-0.3, -0.25) is 14.9 Å². The van der Waals surface area contributed by atoms with Crippen LogP contribution in [-0.4, -0.2) is 10.8 Å². The van der Waals surface area contributed by atoms with Crippen molar-refractivity contribution >= 4 is 17.3 Å². The van der Waals surface area contributed by atoms with Gasteiger partial charge in [-0.2, -0.15) is 0 Å². The highest BCUT2D eigenvalue weighted by atomic mass is 16.6. The molecule has 6 nitrogen and oxygen atoms in total. The zero-order valence-electron chi connectivity index (χ0n) is 12.5. The molecular formula is C17H17N3O3. The van der Waals surface area contributed by atoms with Crippen LogP contribution in [0, 0.1) is 10.1 Å². The highest BCUT2D eigenvalue weighted by Gasteiger charge is 2.23. The van der Waals surface area contributed by atoms with Crippen LogP contribution in [0.3, 0.4) is 0 Å². The monoisotopic (exact) mass is 311 g/mol. The number of nitrogens with zero attached hydrogens (tertiary/aromatic N) is 1. The van der Waals surface area contributed by atoms with Gasteiger partial charge in [-0.15, -0.1) is 0 Å². The molecule has 1 aliphatic rings. The average molecular weight is 311 g/mol. The van der Waals surface area contributed by atoms with Crippen molar-refractivity contribution in [1.29, 1.82) is 0 Å². The lowest BCUT2D eigenvalue weighted by Gasteiger charge is -2.26. The summed E-state index contributed by atoms with van der Waals surface area (Å²) in [6.07, 6.45) is 2.87. The third-order valence-corrected chi connectivity index (χ3v) is 4.16. The predicted molar refractivity (Wildman–Crippen MR) is 87.1 cm³/mol. The molecule has 0 aliphatic heterocycles. The molecule has 0 saturated carbocycles. The Balaban J connectivity index is 1.83. The van der Waals surface area contributed by atoms with Crippen LogP contribution in [0.25, 0.3) is 0 Å². The molecule has 6 heteroatoms. The fourth-order valence-corrected chi connectivity index (χ4v) is 2.99. The van der Waals surface area contributed by atoms with E-state index in [1.807, 2.05) is 18.2 Å². The van der Waals surface area contributed by atoms with Crippen molar-refractivity contribution in [1.82, 2.24) is 5.32 Å². The Bertz CT molecular complexity index is 773. The second-order valence-corrected chi connectivity index (χ2v) is 5.65. The molecule has 2 aromatic carbocycles. The summed E-state index contributed by atoms with van der Waals surface area (Å²) in [6, 6.07) is 12.1. The van der Waals surface area contributed by atoms with Crippen LogP contribution in [-0.2, 0) is 6.42 Å². The molecule has 23 heavy (non-hydrogen) atoms. The Hall–Kier alpha value is -2.89. The molecule has 1 atom stereocenters. The van der Waals surface area contributed by atoms with Crippen molar-refractivity contribution in [2.24, 2.45) is 0 Å². The number of amides is 1. The van der Waals surface area contributed by atoms with Gasteiger partial charge in [0.2, 0.25) is 0 Å². The summed E-state index contributed by atoms with van der Waals surface area (Å²) >= 11 is 0. The number of aryl methyl sites for hydroxylation is 1. The van der Waals surface area contributed by atoms with Crippen LogP contribution >= 0.6 is 0 Å². The Morgan fingerprint density at radius 2 is 2.04 bits per heavy atom. The largest absolute Gasteiger partial charge is 0.393 e. The molecule has 2 aromatic rings. The topological polar surface area (TPSA) is 98.3 Å². The summed E-state index contributed by atoms with van der Waals surface area (Å²) in [5.74, 6) is -0.324. The first-order valence-corrected chi connectivity index (χ1v) is 7.49. The molecule has 3 rings (SSSR count). The Morgan fingerprint density at radius 1 is 1.26 bits per heavy atom. The molecule has 0 aromatic heterocycles. The molecule has 0 bridgehead atoms. The van der Waals surface area contributed by atoms with E-state index in [4.69, 9.17) is 5.73 Å². The van der Waals surface area contributed by atoms with Gasteiger partial charge in [-0.25, -0.2) is 0 Å². The van der Waals surface area contributed by atoms with Crippen molar-refractivity contribution in [3.8, 4) is 0 Å². The number of carbonyl (C=O) groups excluding carboxylic acids is 1. The second kappa shape index (κ2) is 6.08. The normalized spacial score (nSPS) is 16.4. The third kappa shape index (κ3) is 3.01. The number of nitrogen functional groups attached to an aromatic ring is 1. The van der Waals surface area contributed by atoms with Crippen LogP contribution < -0.4 is 11.1 Å². The molecule has 0 fully saturated rings. The van der Waals surface area contributed by atoms with Crippen molar-refractivity contribution in [2.45, 2.75) is 25.3 Å². The van der Waals surface area contributed by atoms with Gasteiger partial charge in [0.25, 0.3) is 11.6 Å². The van der Waals surface area contributed by atoms with Crippen LogP contribution in [0.1, 0.15) is 40.4 Å². The van der Waals surface area contributed by atoms with E-state index in [1.54, 1.807) is 0 Å². The van der Waals surface area contributed by atoms with Gasteiger partial charge in [0.15, 0.2) is 0 Å². The standard InChI is InChI=1S/C17H17N3O3/c18-14-9-8-12(10-16(14)20(22)23)17(21)19-15-7-3-5-11-4-1-2-6-13(11)15/h1-2,4,6,8-10,15H,3,5,7,18H2,(H,19,21)/t15-/m1/s1. The Labute approximate surface area is 133 Å². The number of benzene rings is 2. The van der Waals surface area contributed by atoms with Gasteiger partial charge >= 0.3 is 0 Å². The fourth-order valence-electron chi connectivity index (χ4n) is 2.99. The van der Waals surface area contributed by atoms with Crippen molar-refractivity contribution < 1.29 is 9.72 Å². The van der Waals surface area contributed by atoms with Crippen molar-refractivity contribution in [3.63, 3.8) is 0 Å². The number of hydrogen-bond donors (Lipinski definition) is 2. The van der Waals surface area contributed by atoms with Crippen molar-refractivity contribution in [2.75, 3.05) is 5.73 Å². The van der Waals surface area contributed by atoms with E-state index in [-0.39, 0.29) is 28.9 Å². The number of anilines is 1. The van der Waals surface area contributed by atoms with Gasteiger partial charge in [-0.1, -0.05) is 24.3 Å². The minimum absolute atomic E-state index is 0.0505. The Kier molecular flexibility index (Phi) is 3.97. The van der Waals surface area contributed by atoms with Gasteiger partial charge < -0.3 is 11.1 Å². The first-order chi connectivity index (χ1) is 11.1. The SMILES string of the molecule is Nc1ccc(C(=O)N[C@@H]2CCCc3ccccc32)cc1[N+](=O)[O-]. The van der Waals surface area contributed by atoms with Crippen LogP contribution in [0.2, 0.25) is 0 Å². The molecule has 118 valence electrons. The first-order valence-electron chi connectivity index (χ1n) is 7.49.